The van der Waals surface area contributed by atoms with Gasteiger partial charge < -0.3 is 10.4 Å². The molecular weight excluding hydrogens is 234 g/mol. The summed E-state index contributed by atoms with van der Waals surface area (Å²) < 4.78 is 0. The molecule has 1 unspecified atom stereocenters. The van der Waals surface area contributed by atoms with Gasteiger partial charge in [-0.25, -0.2) is 0 Å². The third kappa shape index (κ3) is 5.94. The molecule has 0 heterocycles. The Kier molecular flexibility index (Phi) is 7.06. The Morgan fingerprint density at radius 3 is 2.53 bits per heavy atom. The van der Waals surface area contributed by atoms with Crippen LogP contribution in [0.15, 0.2) is 24.3 Å². The van der Waals surface area contributed by atoms with Crippen molar-refractivity contribution in [3.63, 3.8) is 0 Å². The zero-order chi connectivity index (χ0) is 12.5. The zero-order valence-electron chi connectivity index (χ0n) is 10.5. The number of unbranched alkanes of at least 4 members (excludes halogenated alkanes) is 2. The summed E-state index contributed by atoms with van der Waals surface area (Å²) in [6.45, 7) is 2.72. The minimum Gasteiger partial charge on any atom is -0.390 e. The van der Waals surface area contributed by atoms with Crippen molar-refractivity contribution in [1.29, 1.82) is 0 Å². The summed E-state index contributed by atoms with van der Waals surface area (Å²) in [5, 5.41) is 12.5. The second kappa shape index (κ2) is 8.37. The number of aliphatic hydroxyl groups is 1. The van der Waals surface area contributed by atoms with Crippen LogP contribution in [0.5, 0.6) is 0 Å². The molecule has 1 aromatic carbocycles. The molecule has 0 saturated heterocycles. The van der Waals surface area contributed by atoms with Crippen LogP contribution in [0.1, 0.15) is 31.7 Å². The summed E-state index contributed by atoms with van der Waals surface area (Å²) in [6.07, 6.45) is 4.48. The van der Waals surface area contributed by atoms with Crippen molar-refractivity contribution in [2.24, 2.45) is 0 Å². The van der Waals surface area contributed by atoms with Gasteiger partial charge in [0, 0.05) is 12.2 Å². The molecule has 0 aliphatic carbocycles. The molecular formula is C14H22ClNO. The van der Waals surface area contributed by atoms with E-state index in [0.717, 1.165) is 12.1 Å². The van der Waals surface area contributed by atoms with Gasteiger partial charge in [-0.05, 0) is 30.5 Å². The largest absolute Gasteiger partial charge is 0.390 e. The van der Waals surface area contributed by atoms with Crippen molar-refractivity contribution in [3.8, 4) is 0 Å². The molecule has 1 atom stereocenters. The van der Waals surface area contributed by atoms with E-state index in [2.05, 4.69) is 36.5 Å². The van der Waals surface area contributed by atoms with E-state index < -0.39 is 6.10 Å². The van der Waals surface area contributed by atoms with Crippen molar-refractivity contribution < 1.29 is 5.11 Å². The van der Waals surface area contributed by atoms with Crippen LogP contribution in [-0.4, -0.2) is 23.6 Å². The summed E-state index contributed by atoms with van der Waals surface area (Å²) in [5.74, 6) is 0.266. The van der Waals surface area contributed by atoms with E-state index in [1.54, 1.807) is 0 Å². The van der Waals surface area contributed by atoms with Gasteiger partial charge >= 0.3 is 0 Å². The van der Waals surface area contributed by atoms with E-state index in [0.29, 0.717) is 6.54 Å². The Labute approximate surface area is 109 Å². The van der Waals surface area contributed by atoms with Gasteiger partial charge in [-0.3, -0.25) is 0 Å². The third-order valence-corrected chi connectivity index (χ3v) is 3.10. The van der Waals surface area contributed by atoms with Crippen LogP contribution in [0.3, 0.4) is 0 Å². The Balaban J connectivity index is 2.34. The molecule has 0 amide bonds. The van der Waals surface area contributed by atoms with Gasteiger partial charge in [0.2, 0.25) is 0 Å². The molecule has 0 radical (unpaired) electrons. The van der Waals surface area contributed by atoms with Crippen LogP contribution in [0.4, 0.5) is 5.69 Å². The highest BCUT2D eigenvalue weighted by molar-refractivity contribution is 6.18. The number of alkyl halides is 1. The summed E-state index contributed by atoms with van der Waals surface area (Å²) in [4.78, 5) is 0. The highest BCUT2D eigenvalue weighted by atomic mass is 35.5. The van der Waals surface area contributed by atoms with Gasteiger partial charge in [-0.2, -0.15) is 0 Å². The van der Waals surface area contributed by atoms with Crippen molar-refractivity contribution >= 4 is 17.3 Å². The number of nitrogens with one attached hydrogen (secondary N) is 1. The van der Waals surface area contributed by atoms with E-state index in [4.69, 9.17) is 11.6 Å². The van der Waals surface area contributed by atoms with Gasteiger partial charge in [-0.1, -0.05) is 31.9 Å². The molecule has 0 aromatic heterocycles. The zero-order valence-corrected chi connectivity index (χ0v) is 11.2. The Bertz CT molecular complexity index is 300. The Hall–Kier alpha value is -0.730. The fourth-order valence-electron chi connectivity index (χ4n) is 1.66. The van der Waals surface area contributed by atoms with Crippen molar-refractivity contribution in [3.05, 3.63) is 29.8 Å². The summed E-state index contributed by atoms with van der Waals surface area (Å²) in [6, 6.07) is 8.40. The summed E-state index contributed by atoms with van der Waals surface area (Å²) in [5.41, 5.74) is 2.41. The monoisotopic (exact) mass is 255 g/mol. The molecule has 0 aliphatic heterocycles. The summed E-state index contributed by atoms with van der Waals surface area (Å²) in [7, 11) is 0. The number of aliphatic hydroxyl groups excluding tert-OH is 1. The lowest BCUT2D eigenvalue weighted by atomic mass is 10.1. The van der Waals surface area contributed by atoms with Crippen LogP contribution in [0, 0.1) is 0 Å². The van der Waals surface area contributed by atoms with Gasteiger partial charge in [0.05, 0.1) is 12.0 Å². The molecule has 2 nitrogen and oxygen atoms in total. The number of hydrogen-bond donors (Lipinski definition) is 2. The number of aryl methyl sites for hydroxylation is 1. The Morgan fingerprint density at radius 1 is 1.24 bits per heavy atom. The van der Waals surface area contributed by atoms with Crippen LogP contribution < -0.4 is 5.32 Å². The highest BCUT2D eigenvalue weighted by Crippen LogP contribution is 2.12. The standard InChI is InChI=1S/C14H22ClNO/c1-2-3-4-5-12-6-8-13(9-7-12)16-11-14(17)10-15/h6-9,14,16-17H,2-5,10-11H2,1H3. The van der Waals surface area contributed by atoms with Gasteiger partial charge in [0.25, 0.3) is 0 Å². The molecule has 2 N–H and O–H groups in total. The van der Waals surface area contributed by atoms with E-state index in [-0.39, 0.29) is 5.88 Å². The molecule has 0 fully saturated rings. The van der Waals surface area contributed by atoms with Crippen LogP contribution >= 0.6 is 11.6 Å². The smallest absolute Gasteiger partial charge is 0.0847 e. The second-order valence-corrected chi connectivity index (χ2v) is 4.65. The molecule has 96 valence electrons. The first-order valence-corrected chi connectivity index (χ1v) is 6.86. The molecule has 17 heavy (non-hydrogen) atoms. The number of hydrogen-bond acceptors (Lipinski definition) is 2. The van der Waals surface area contributed by atoms with E-state index in [1.807, 2.05) is 0 Å². The van der Waals surface area contributed by atoms with Crippen LogP contribution in [0.2, 0.25) is 0 Å². The highest BCUT2D eigenvalue weighted by Gasteiger charge is 2.01. The molecule has 3 heteroatoms. The quantitative estimate of drug-likeness (QED) is 0.551. The Morgan fingerprint density at radius 2 is 1.94 bits per heavy atom. The van der Waals surface area contributed by atoms with Gasteiger partial charge in [-0.15, -0.1) is 11.6 Å². The first-order chi connectivity index (χ1) is 8.26. The topological polar surface area (TPSA) is 32.3 Å². The number of halogens is 1. The maximum Gasteiger partial charge on any atom is 0.0847 e. The SMILES string of the molecule is CCCCCc1ccc(NCC(O)CCl)cc1. The van der Waals surface area contributed by atoms with Gasteiger partial charge in [0.1, 0.15) is 0 Å². The lowest BCUT2D eigenvalue weighted by molar-refractivity contribution is 0.211. The molecule has 0 aliphatic rings. The van der Waals surface area contributed by atoms with E-state index in [1.165, 1.54) is 24.8 Å². The van der Waals surface area contributed by atoms with Crippen molar-refractivity contribution in [2.45, 2.75) is 38.7 Å². The average Bonchev–Trinajstić information content (AvgIpc) is 2.37. The second-order valence-electron chi connectivity index (χ2n) is 4.34. The third-order valence-electron chi connectivity index (χ3n) is 2.74. The maximum absolute atomic E-state index is 9.32. The van der Waals surface area contributed by atoms with Crippen LogP contribution in [-0.2, 0) is 6.42 Å². The minimum absolute atomic E-state index is 0.266. The minimum atomic E-state index is -0.485. The average molecular weight is 256 g/mol. The molecule has 0 saturated carbocycles. The first kappa shape index (κ1) is 14.3. The number of benzene rings is 1. The predicted octanol–water partition coefficient (Wildman–Crippen LogP) is 3.43. The van der Waals surface area contributed by atoms with Crippen LogP contribution in [0.25, 0.3) is 0 Å². The molecule has 0 bridgehead atoms. The molecule has 0 spiro atoms. The van der Waals surface area contributed by atoms with E-state index in [9.17, 15) is 5.11 Å². The summed E-state index contributed by atoms with van der Waals surface area (Å²) >= 11 is 5.52. The lowest BCUT2D eigenvalue weighted by Gasteiger charge is -2.10. The first-order valence-electron chi connectivity index (χ1n) is 6.33. The molecule has 1 rings (SSSR count). The van der Waals surface area contributed by atoms with E-state index >= 15 is 0 Å². The fraction of sp³-hybridized carbons (Fsp3) is 0.571. The maximum atomic E-state index is 9.32. The van der Waals surface area contributed by atoms with Crippen molar-refractivity contribution in [1.82, 2.24) is 0 Å². The lowest BCUT2D eigenvalue weighted by Crippen LogP contribution is -2.20. The normalized spacial score (nSPS) is 12.4. The number of anilines is 1. The predicted molar refractivity (Wildman–Crippen MR) is 74.9 cm³/mol. The fourth-order valence-corrected chi connectivity index (χ4v) is 1.77. The molecule has 1 aromatic rings. The van der Waals surface area contributed by atoms with Gasteiger partial charge in [0.15, 0.2) is 0 Å². The van der Waals surface area contributed by atoms with Crippen molar-refractivity contribution in [2.75, 3.05) is 17.7 Å². The number of rotatable bonds is 8.